The van der Waals surface area contributed by atoms with Gasteiger partial charge in [0.1, 0.15) is 6.10 Å². The first kappa shape index (κ1) is 8.59. The van der Waals surface area contributed by atoms with Crippen LogP contribution >= 0.6 is 0 Å². The Kier molecular flexibility index (Phi) is 2.01. The van der Waals surface area contributed by atoms with Gasteiger partial charge in [-0.25, -0.2) is 8.78 Å². The molecular weight excluding hydrogens is 178 g/mol. The minimum absolute atomic E-state index is 0.137. The smallest absolute Gasteiger partial charge is 0.159 e. The van der Waals surface area contributed by atoms with Crippen molar-refractivity contribution >= 4 is 0 Å². The first-order valence-electron chi connectivity index (χ1n) is 3.92. The number of halogens is 2. The third-order valence-electron chi connectivity index (χ3n) is 2.07. The highest BCUT2D eigenvalue weighted by atomic mass is 19.2. The summed E-state index contributed by atoms with van der Waals surface area (Å²) in [6, 6.07) is 2.09. The van der Waals surface area contributed by atoms with Gasteiger partial charge in [-0.2, -0.15) is 0 Å². The van der Waals surface area contributed by atoms with Crippen LogP contribution in [0.15, 0.2) is 12.1 Å². The molecule has 1 aromatic rings. The van der Waals surface area contributed by atoms with Crippen LogP contribution in [0, 0.1) is 11.6 Å². The van der Waals surface area contributed by atoms with E-state index in [0.717, 1.165) is 12.1 Å². The van der Waals surface area contributed by atoms with Crippen molar-refractivity contribution in [2.24, 2.45) is 0 Å². The van der Waals surface area contributed by atoms with Crippen molar-refractivity contribution in [3.8, 4) is 0 Å². The monoisotopic (exact) mass is 186 g/mol. The van der Waals surface area contributed by atoms with Crippen molar-refractivity contribution in [2.75, 3.05) is 6.61 Å². The largest absolute Gasteiger partial charge is 0.386 e. The van der Waals surface area contributed by atoms with Crippen molar-refractivity contribution < 1.29 is 18.6 Å². The lowest BCUT2D eigenvalue weighted by molar-refractivity contribution is 0.00932. The fraction of sp³-hybridized carbons (Fsp3) is 0.333. The number of aliphatic hydroxyl groups excluding tert-OH is 1. The molecule has 0 amide bonds. The Morgan fingerprint density at radius 1 is 1.31 bits per heavy atom. The second-order valence-electron chi connectivity index (χ2n) is 3.00. The molecule has 0 radical (unpaired) electrons. The van der Waals surface area contributed by atoms with Crippen LogP contribution in [-0.4, -0.2) is 11.7 Å². The normalized spacial score (nSPS) is 21.3. The van der Waals surface area contributed by atoms with Gasteiger partial charge in [0.2, 0.25) is 0 Å². The predicted molar refractivity (Wildman–Crippen MR) is 41.0 cm³/mol. The Morgan fingerprint density at radius 2 is 2.00 bits per heavy atom. The number of ether oxygens (including phenoxy) is 1. The van der Waals surface area contributed by atoms with E-state index in [0.29, 0.717) is 11.1 Å². The van der Waals surface area contributed by atoms with Gasteiger partial charge >= 0.3 is 0 Å². The van der Waals surface area contributed by atoms with Gasteiger partial charge in [-0.05, 0) is 23.3 Å². The zero-order valence-corrected chi connectivity index (χ0v) is 6.76. The summed E-state index contributed by atoms with van der Waals surface area (Å²) in [5.41, 5.74) is 0.933. The van der Waals surface area contributed by atoms with Gasteiger partial charge in [0.25, 0.3) is 0 Å². The number of hydrogen-bond acceptors (Lipinski definition) is 2. The fourth-order valence-electron chi connectivity index (χ4n) is 1.41. The number of aliphatic hydroxyl groups is 1. The zero-order chi connectivity index (χ0) is 9.42. The van der Waals surface area contributed by atoms with E-state index >= 15 is 0 Å². The molecule has 0 bridgehead atoms. The molecule has 1 atom stereocenters. The van der Waals surface area contributed by atoms with Gasteiger partial charge in [-0.15, -0.1) is 0 Å². The summed E-state index contributed by atoms with van der Waals surface area (Å²) in [6.45, 7) is 0.363. The topological polar surface area (TPSA) is 29.5 Å². The van der Waals surface area contributed by atoms with Crippen molar-refractivity contribution in [1.82, 2.24) is 0 Å². The summed E-state index contributed by atoms with van der Waals surface area (Å²) < 4.78 is 30.4. The second kappa shape index (κ2) is 3.05. The standard InChI is InChI=1S/C9H8F2O2/c10-7-1-5-3-13-4-9(12)6(5)2-8(7)11/h1-2,9,12H,3-4H2. The van der Waals surface area contributed by atoms with Gasteiger partial charge in [-0.1, -0.05) is 0 Å². The van der Waals surface area contributed by atoms with E-state index in [4.69, 9.17) is 4.74 Å². The highest BCUT2D eigenvalue weighted by Gasteiger charge is 2.20. The first-order chi connectivity index (χ1) is 6.18. The van der Waals surface area contributed by atoms with E-state index in [1.165, 1.54) is 0 Å². The molecule has 13 heavy (non-hydrogen) atoms. The Labute approximate surface area is 73.8 Å². The molecule has 0 fully saturated rings. The molecule has 1 aromatic carbocycles. The molecule has 1 aliphatic heterocycles. The molecule has 1 aliphatic rings. The van der Waals surface area contributed by atoms with E-state index in [1.54, 1.807) is 0 Å². The lowest BCUT2D eigenvalue weighted by atomic mass is 10.0. The van der Waals surface area contributed by atoms with Crippen LogP contribution in [0.3, 0.4) is 0 Å². The van der Waals surface area contributed by atoms with Crippen LogP contribution in [0.2, 0.25) is 0 Å². The highest BCUT2D eigenvalue weighted by Crippen LogP contribution is 2.26. The van der Waals surface area contributed by atoms with E-state index in [-0.39, 0.29) is 13.2 Å². The van der Waals surface area contributed by atoms with Crippen LogP contribution in [0.4, 0.5) is 8.78 Å². The highest BCUT2D eigenvalue weighted by molar-refractivity contribution is 5.31. The van der Waals surface area contributed by atoms with Gasteiger partial charge in [0.15, 0.2) is 11.6 Å². The summed E-state index contributed by atoms with van der Waals surface area (Å²) >= 11 is 0. The number of rotatable bonds is 0. The molecule has 0 saturated carbocycles. The maximum Gasteiger partial charge on any atom is 0.159 e. The quantitative estimate of drug-likeness (QED) is 0.665. The molecule has 0 saturated heterocycles. The van der Waals surface area contributed by atoms with Crippen LogP contribution in [0.5, 0.6) is 0 Å². The Morgan fingerprint density at radius 3 is 2.77 bits per heavy atom. The van der Waals surface area contributed by atoms with E-state index in [9.17, 15) is 13.9 Å². The molecule has 2 nitrogen and oxygen atoms in total. The summed E-state index contributed by atoms with van der Waals surface area (Å²) in [6.07, 6.45) is -0.848. The summed E-state index contributed by atoms with van der Waals surface area (Å²) in [5, 5.41) is 9.36. The van der Waals surface area contributed by atoms with Gasteiger partial charge in [0.05, 0.1) is 13.2 Å². The summed E-state index contributed by atoms with van der Waals surface area (Å²) in [4.78, 5) is 0. The molecule has 1 N–H and O–H groups in total. The van der Waals surface area contributed by atoms with Crippen molar-refractivity contribution in [3.63, 3.8) is 0 Å². The molecule has 0 aromatic heterocycles. The predicted octanol–water partition coefficient (Wildman–Crippen LogP) is 1.53. The molecule has 0 aliphatic carbocycles. The molecule has 1 heterocycles. The van der Waals surface area contributed by atoms with E-state index in [1.807, 2.05) is 0 Å². The average molecular weight is 186 g/mol. The molecule has 4 heteroatoms. The van der Waals surface area contributed by atoms with Crippen LogP contribution in [-0.2, 0) is 11.3 Å². The molecular formula is C9H8F2O2. The molecule has 70 valence electrons. The third-order valence-corrected chi connectivity index (χ3v) is 2.07. The number of benzene rings is 1. The maximum absolute atomic E-state index is 12.8. The molecule has 0 spiro atoms. The van der Waals surface area contributed by atoms with E-state index in [2.05, 4.69) is 0 Å². The first-order valence-corrected chi connectivity index (χ1v) is 3.92. The van der Waals surface area contributed by atoms with Crippen molar-refractivity contribution in [3.05, 3.63) is 34.9 Å². The average Bonchev–Trinajstić information content (AvgIpc) is 2.09. The van der Waals surface area contributed by atoms with E-state index < -0.39 is 17.7 Å². The van der Waals surface area contributed by atoms with Crippen LogP contribution < -0.4 is 0 Å². The fourth-order valence-corrected chi connectivity index (χ4v) is 1.41. The zero-order valence-electron chi connectivity index (χ0n) is 6.76. The Bertz CT molecular complexity index is 339. The minimum atomic E-state index is -0.931. The Hall–Kier alpha value is -1.00. The van der Waals surface area contributed by atoms with Gasteiger partial charge in [0, 0.05) is 0 Å². The SMILES string of the molecule is OC1COCc2cc(F)c(F)cc21. The lowest BCUT2D eigenvalue weighted by Gasteiger charge is -2.21. The third kappa shape index (κ3) is 1.43. The minimum Gasteiger partial charge on any atom is -0.386 e. The number of hydrogen-bond donors (Lipinski definition) is 1. The van der Waals surface area contributed by atoms with Gasteiger partial charge in [-0.3, -0.25) is 0 Å². The summed E-state index contributed by atoms with van der Waals surface area (Å²) in [7, 11) is 0. The Balaban J connectivity index is 2.52. The van der Waals surface area contributed by atoms with Crippen LogP contribution in [0.1, 0.15) is 17.2 Å². The van der Waals surface area contributed by atoms with Crippen molar-refractivity contribution in [2.45, 2.75) is 12.7 Å². The van der Waals surface area contributed by atoms with Crippen LogP contribution in [0.25, 0.3) is 0 Å². The lowest BCUT2D eigenvalue weighted by Crippen LogP contribution is -2.16. The molecule has 1 unspecified atom stereocenters. The maximum atomic E-state index is 12.8. The second-order valence-corrected chi connectivity index (χ2v) is 3.00. The number of fused-ring (bicyclic) bond motifs is 1. The summed E-state index contributed by atoms with van der Waals surface area (Å²) in [5.74, 6) is -1.84. The molecule has 2 rings (SSSR count). The van der Waals surface area contributed by atoms with Gasteiger partial charge < -0.3 is 9.84 Å². The van der Waals surface area contributed by atoms with Crippen molar-refractivity contribution in [1.29, 1.82) is 0 Å².